The summed E-state index contributed by atoms with van der Waals surface area (Å²) in [5, 5.41) is 7.63. The first kappa shape index (κ1) is 15.4. The van der Waals surface area contributed by atoms with Crippen molar-refractivity contribution >= 4 is 0 Å². The van der Waals surface area contributed by atoms with Crippen molar-refractivity contribution in [2.45, 2.75) is 65.0 Å². The molecule has 5 heteroatoms. The van der Waals surface area contributed by atoms with E-state index in [-0.39, 0.29) is 6.10 Å². The summed E-state index contributed by atoms with van der Waals surface area (Å²) in [5.74, 6) is 2.03. The Hall–Kier alpha value is -0.940. The fourth-order valence-electron chi connectivity index (χ4n) is 3.05. The van der Waals surface area contributed by atoms with Gasteiger partial charge in [0.1, 0.15) is 6.10 Å². The summed E-state index contributed by atoms with van der Waals surface area (Å²) in [7, 11) is 0. The molecular weight excluding hydrogens is 254 g/mol. The van der Waals surface area contributed by atoms with Crippen LogP contribution >= 0.6 is 0 Å². The van der Waals surface area contributed by atoms with Gasteiger partial charge in [-0.3, -0.25) is 0 Å². The quantitative estimate of drug-likeness (QED) is 0.832. The predicted molar refractivity (Wildman–Crippen MR) is 77.5 cm³/mol. The van der Waals surface area contributed by atoms with Crippen molar-refractivity contribution in [2.75, 3.05) is 13.2 Å². The van der Waals surface area contributed by atoms with Crippen LogP contribution in [0.4, 0.5) is 0 Å². The second kappa shape index (κ2) is 7.74. The molecule has 1 aliphatic carbocycles. The van der Waals surface area contributed by atoms with Crippen LogP contribution in [0.5, 0.6) is 0 Å². The van der Waals surface area contributed by atoms with Gasteiger partial charge in [-0.2, -0.15) is 4.98 Å². The summed E-state index contributed by atoms with van der Waals surface area (Å²) in [6.07, 6.45) is 5.93. The zero-order chi connectivity index (χ0) is 14.4. The highest BCUT2D eigenvalue weighted by Gasteiger charge is 2.26. The van der Waals surface area contributed by atoms with Crippen molar-refractivity contribution in [1.82, 2.24) is 15.5 Å². The number of nitrogens with zero attached hydrogens (tertiary/aromatic N) is 2. The van der Waals surface area contributed by atoms with Gasteiger partial charge in [0.05, 0.1) is 0 Å². The molecule has 5 nitrogen and oxygen atoms in total. The van der Waals surface area contributed by atoms with Gasteiger partial charge in [0, 0.05) is 19.1 Å². The highest BCUT2D eigenvalue weighted by atomic mass is 16.5. The molecule has 0 radical (unpaired) electrons. The first-order valence-corrected chi connectivity index (χ1v) is 7.92. The molecule has 114 valence electrons. The molecule has 0 amide bonds. The van der Waals surface area contributed by atoms with Gasteiger partial charge in [-0.15, -0.1) is 0 Å². The topological polar surface area (TPSA) is 60.2 Å². The number of hydrogen-bond acceptors (Lipinski definition) is 5. The van der Waals surface area contributed by atoms with Gasteiger partial charge in [-0.25, -0.2) is 0 Å². The van der Waals surface area contributed by atoms with E-state index < -0.39 is 0 Å². The van der Waals surface area contributed by atoms with Crippen LogP contribution < -0.4 is 5.32 Å². The molecule has 3 atom stereocenters. The Morgan fingerprint density at radius 1 is 1.35 bits per heavy atom. The van der Waals surface area contributed by atoms with Crippen LogP contribution in [0.3, 0.4) is 0 Å². The summed E-state index contributed by atoms with van der Waals surface area (Å²) in [6, 6.07) is 0.591. The van der Waals surface area contributed by atoms with Gasteiger partial charge in [-0.1, -0.05) is 24.9 Å². The maximum atomic E-state index is 5.49. The molecular formula is C15H27N3O2. The molecule has 1 fully saturated rings. The summed E-state index contributed by atoms with van der Waals surface area (Å²) in [4.78, 5) is 4.49. The molecule has 1 heterocycles. The van der Waals surface area contributed by atoms with Crippen LogP contribution in [0.1, 0.15) is 64.3 Å². The van der Waals surface area contributed by atoms with E-state index in [2.05, 4.69) is 22.4 Å². The molecule has 0 aromatic carbocycles. The second-order valence-corrected chi connectivity index (χ2v) is 5.56. The van der Waals surface area contributed by atoms with E-state index in [4.69, 9.17) is 9.26 Å². The van der Waals surface area contributed by atoms with Crippen molar-refractivity contribution in [2.24, 2.45) is 5.92 Å². The average Bonchev–Trinajstić information content (AvgIpc) is 2.90. The zero-order valence-electron chi connectivity index (χ0n) is 12.9. The fraction of sp³-hybridized carbons (Fsp3) is 0.867. The van der Waals surface area contributed by atoms with Gasteiger partial charge >= 0.3 is 0 Å². The van der Waals surface area contributed by atoms with E-state index in [1.54, 1.807) is 0 Å². The zero-order valence-corrected chi connectivity index (χ0v) is 12.9. The van der Waals surface area contributed by atoms with Crippen molar-refractivity contribution in [3.63, 3.8) is 0 Å². The lowest BCUT2D eigenvalue weighted by atomic mass is 9.82. The lowest BCUT2D eigenvalue weighted by Gasteiger charge is -2.31. The number of nitrogens with one attached hydrogen (secondary N) is 1. The van der Waals surface area contributed by atoms with Gasteiger partial charge < -0.3 is 14.6 Å². The highest BCUT2D eigenvalue weighted by molar-refractivity contribution is 4.93. The third kappa shape index (κ3) is 4.03. The molecule has 0 spiro atoms. The Kier molecular flexibility index (Phi) is 5.98. The average molecular weight is 281 g/mol. The smallest absolute Gasteiger partial charge is 0.227 e. The monoisotopic (exact) mass is 281 g/mol. The number of rotatable bonds is 7. The standard InChI is InChI=1S/C15H27N3O2/c1-4-16-13-9-7-6-8-12(13)10-14-17-15(18-20-14)11(3)19-5-2/h11-13,16H,4-10H2,1-3H3. The van der Waals surface area contributed by atoms with Crippen LogP contribution in [0.25, 0.3) is 0 Å². The van der Waals surface area contributed by atoms with Gasteiger partial charge in [-0.05, 0) is 39.2 Å². The molecule has 1 aliphatic rings. The minimum absolute atomic E-state index is 0.0894. The number of hydrogen-bond donors (Lipinski definition) is 1. The minimum Gasteiger partial charge on any atom is -0.371 e. The van der Waals surface area contributed by atoms with Crippen LogP contribution in [0.15, 0.2) is 4.52 Å². The van der Waals surface area contributed by atoms with Crippen LogP contribution in [-0.4, -0.2) is 29.3 Å². The summed E-state index contributed by atoms with van der Waals surface area (Å²) < 4.78 is 10.9. The molecule has 1 aromatic rings. The van der Waals surface area contributed by atoms with E-state index in [0.29, 0.717) is 24.4 Å². The molecule has 1 aromatic heterocycles. The highest BCUT2D eigenvalue weighted by Crippen LogP contribution is 2.27. The fourth-order valence-corrected chi connectivity index (χ4v) is 3.05. The van der Waals surface area contributed by atoms with Crippen molar-refractivity contribution in [3.8, 4) is 0 Å². The lowest BCUT2D eigenvalue weighted by molar-refractivity contribution is 0.0683. The van der Waals surface area contributed by atoms with Gasteiger partial charge in [0.25, 0.3) is 0 Å². The van der Waals surface area contributed by atoms with Crippen molar-refractivity contribution in [1.29, 1.82) is 0 Å². The normalized spacial score (nSPS) is 24.8. The van der Waals surface area contributed by atoms with Crippen molar-refractivity contribution < 1.29 is 9.26 Å². The minimum atomic E-state index is -0.0894. The molecule has 0 bridgehead atoms. The third-order valence-electron chi connectivity index (χ3n) is 4.08. The van der Waals surface area contributed by atoms with Crippen molar-refractivity contribution in [3.05, 3.63) is 11.7 Å². The van der Waals surface area contributed by atoms with E-state index in [9.17, 15) is 0 Å². The van der Waals surface area contributed by atoms with Crippen LogP contribution in [0.2, 0.25) is 0 Å². The van der Waals surface area contributed by atoms with Gasteiger partial charge in [0.2, 0.25) is 5.89 Å². The van der Waals surface area contributed by atoms with Crippen LogP contribution in [0, 0.1) is 5.92 Å². The Labute approximate surface area is 121 Å². The number of ether oxygens (including phenoxy) is 1. The second-order valence-electron chi connectivity index (χ2n) is 5.56. The molecule has 1 saturated carbocycles. The molecule has 0 saturated heterocycles. The molecule has 3 unspecified atom stereocenters. The Balaban J connectivity index is 1.94. The molecule has 2 rings (SSSR count). The first-order chi connectivity index (χ1) is 9.74. The Morgan fingerprint density at radius 3 is 2.90 bits per heavy atom. The molecule has 0 aliphatic heterocycles. The predicted octanol–water partition coefficient (Wildman–Crippen LogP) is 2.88. The Bertz CT molecular complexity index is 392. The summed E-state index contributed by atoms with van der Waals surface area (Å²) >= 11 is 0. The maximum absolute atomic E-state index is 5.49. The molecule has 20 heavy (non-hydrogen) atoms. The SMILES string of the molecule is CCNC1CCCCC1Cc1nc(C(C)OCC)no1. The van der Waals surface area contributed by atoms with Crippen LogP contribution in [-0.2, 0) is 11.2 Å². The van der Waals surface area contributed by atoms with Gasteiger partial charge in [0.15, 0.2) is 5.82 Å². The lowest BCUT2D eigenvalue weighted by Crippen LogP contribution is -2.39. The largest absolute Gasteiger partial charge is 0.371 e. The van der Waals surface area contributed by atoms with E-state index in [0.717, 1.165) is 18.9 Å². The summed E-state index contributed by atoms with van der Waals surface area (Å²) in [6.45, 7) is 7.79. The first-order valence-electron chi connectivity index (χ1n) is 7.92. The summed E-state index contributed by atoms with van der Waals surface area (Å²) in [5.41, 5.74) is 0. The maximum Gasteiger partial charge on any atom is 0.227 e. The van der Waals surface area contributed by atoms with E-state index >= 15 is 0 Å². The van der Waals surface area contributed by atoms with E-state index in [1.165, 1.54) is 25.7 Å². The van der Waals surface area contributed by atoms with E-state index in [1.807, 2.05) is 13.8 Å². The number of aromatic nitrogens is 2. The third-order valence-corrected chi connectivity index (χ3v) is 4.08. The molecule has 1 N–H and O–H groups in total. The Morgan fingerprint density at radius 2 is 2.15 bits per heavy atom.